The van der Waals surface area contributed by atoms with Crippen molar-refractivity contribution in [3.05, 3.63) is 60.6 Å². The third kappa shape index (κ3) is 4.13. The average Bonchev–Trinajstić information content (AvgIpc) is 3.14. The number of furan rings is 1. The van der Waals surface area contributed by atoms with Crippen molar-refractivity contribution < 1.29 is 4.42 Å². The van der Waals surface area contributed by atoms with E-state index in [9.17, 15) is 0 Å². The lowest BCUT2D eigenvalue weighted by atomic mass is 10.1. The standard InChI is InChI=1S/C19H22N4O/c1-3-14(2)21-18-12-17(15-8-5-4-6-9-15)22-19(23-18)20-13-16-10-7-11-24-16/h4-12,14H,3,13H2,1-2H3,(H2,20,21,22,23). The van der Waals surface area contributed by atoms with Gasteiger partial charge in [0.2, 0.25) is 5.95 Å². The quantitative estimate of drug-likeness (QED) is 0.667. The Hall–Kier alpha value is -2.82. The summed E-state index contributed by atoms with van der Waals surface area (Å²) in [6.07, 6.45) is 2.69. The number of rotatable bonds is 7. The number of nitrogens with zero attached hydrogens (tertiary/aromatic N) is 2. The van der Waals surface area contributed by atoms with E-state index in [1.54, 1.807) is 6.26 Å². The van der Waals surface area contributed by atoms with E-state index in [2.05, 4.69) is 34.4 Å². The number of aromatic nitrogens is 2. The highest BCUT2D eigenvalue weighted by atomic mass is 16.3. The van der Waals surface area contributed by atoms with Crippen molar-refractivity contribution in [2.75, 3.05) is 10.6 Å². The van der Waals surface area contributed by atoms with Crippen LogP contribution in [0.15, 0.2) is 59.2 Å². The van der Waals surface area contributed by atoms with Crippen molar-refractivity contribution >= 4 is 11.8 Å². The maximum absolute atomic E-state index is 5.35. The summed E-state index contributed by atoms with van der Waals surface area (Å²) in [5.41, 5.74) is 1.95. The minimum absolute atomic E-state index is 0.349. The van der Waals surface area contributed by atoms with E-state index in [1.807, 2.05) is 48.5 Å². The van der Waals surface area contributed by atoms with Crippen molar-refractivity contribution in [3.8, 4) is 11.3 Å². The summed E-state index contributed by atoms with van der Waals surface area (Å²) in [6, 6.07) is 16.2. The molecule has 124 valence electrons. The first-order valence-electron chi connectivity index (χ1n) is 8.22. The molecule has 0 amide bonds. The first kappa shape index (κ1) is 16.1. The Morgan fingerprint density at radius 1 is 1.08 bits per heavy atom. The molecule has 1 unspecified atom stereocenters. The van der Waals surface area contributed by atoms with Crippen LogP contribution < -0.4 is 10.6 Å². The van der Waals surface area contributed by atoms with E-state index < -0.39 is 0 Å². The average molecular weight is 322 g/mol. The lowest BCUT2D eigenvalue weighted by molar-refractivity contribution is 0.517. The molecule has 1 aromatic carbocycles. The van der Waals surface area contributed by atoms with Crippen LogP contribution in [0.4, 0.5) is 11.8 Å². The minimum atomic E-state index is 0.349. The van der Waals surface area contributed by atoms with Gasteiger partial charge in [0.15, 0.2) is 0 Å². The highest BCUT2D eigenvalue weighted by Crippen LogP contribution is 2.22. The molecule has 0 saturated heterocycles. The van der Waals surface area contributed by atoms with Gasteiger partial charge in [0.05, 0.1) is 18.5 Å². The molecule has 24 heavy (non-hydrogen) atoms. The fraction of sp³-hybridized carbons (Fsp3) is 0.263. The zero-order chi connectivity index (χ0) is 16.8. The summed E-state index contributed by atoms with van der Waals surface area (Å²) in [5, 5.41) is 6.65. The topological polar surface area (TPSA) is 63.0 Å². The van der Waals surface area contributed by atoms with Gasteiger partial charge in [-0.15, -0.1) is 0 Å². The van der Waals surface area contributed by atoms with Gasteiger partial charge >= 0.3 is 0 Å². The van der Waals surface area contributed by atoms with Crippen LogP contribution in [0.2, 0.25) is 0 Å². The van der Waals surface area contributed by atoms with Crippen LogP contribution in [0, 0.1) is 0 Å². The monoisotopic (exact) mass is 322 g/mol. The second-order valence-corrected chi connectivity index (χ2v) is 5.71. The summed E-state index contributed by atoms with van der Waals surface area (Å²) in [7, 11) is 0. The van der Waals surface area contributed by atoms with Crippen molar-refractivity contribution in [1.29, 1.82) is 0 Å². The van der Waals surface area contributed by atoms with E-state index in [0.717, 1.165) is 29.3 Å². The number of anilines is 2. The molecule has 0 spiro atoms. The Labute approximate surface area is 142 Å². The molecular formula is C19H22N4O. The molecule has 5 nitrogen and oxygen atoms in total. The van der Waals surface area contributed by atoms with Crippen LogP contribution >= 0.6 is 0 Å². The molecule has 0 saturated carbocycles. The van der Waals surface area contributed by atoms with Gasteiger partial charge in [-0.2, -0.15) is 4.98 Å². The Morgan fingerprint density at radius 2 is 1.92 bits per heavy atom. The van der Waals surface area contributed by atoms with Crippen LogP contribution in [0.5, 0.6) is 0 Å². The molecule has 3 rings (SSSR count). The Kier molecular flexibility index (Phi) is 5.11. The van der Waals surface area contributed by atoms with Gasteiger partial charge in [-0.05, 0) is 25.5 Å². The van der Waals surface area contributed by atoms with E-state index in [1.165, 1.54) is 0 Å². The number of benzene rings is 1. The highest BCUT2D eigenvalue weighted by molar-refractivity contribution is 5.64. The Bertz CT molecular complexity index is 756. The van der Waals surface area contributed by atoms with E-state index in [4.69, 9.17) is 4.42 Å². The lowest BCUT2D eigenvalue weighted by Gasteiger charge is -2.14. The van der Waals surface area contributed by atoms with Crippen molar-refractivity contribution in [3.63, 3.8) is 0 Å². The lowest BCUT2D eigenvalue weighted by Crippen LogP contribution is -2.15. The number of hydrogen-bond donors (Lipinski definition) is 2. The SMILES string of the molecule is CCC(C)Nc1cc(-c2ccccc2)nc(NCc2ccco2)n1. The number of hydrogen-bond acceptors (Lipinski definition) is 5. The molecule has 3 aromatic rings. The zero-order valence-electron chi connectivity index (χ0n) is 14.0. The zero-order valence-corrected chi connectivity index (χ0v) is 14.0. The molecule has 2 heterocycles. The Morgan fingerprint density at radius 3 is 2.62 bits per heavy atom. The fourth-order valence-corrected chi connectivity index (χ4v) is 2.29. The number of nitrogens with one attached hydrogen (secondary N) is 2. The van der Waals surface area contributed by atoms with Crippen molar-refractivity contribution in [1.82, 2.24) is 9.97 Å². The van der Waals surface area contributed by atoms with Gasteiger partial charge in [0.25, 0.3) is 0 Å². The minimum Gasteiger partial charge on any atom is -0.467 e. The van der Waals surface area contributed by atoms with Gasteiger partial charge in [0, 0.05) is 17.7 Å². The van der Waals surface area contributed by atoms with Crippen LogP contribution in [-0.4, -0.2) is 16.0 Å². The molecule has 5 heteroatoms. The Balaban J connectivity index is 1.87. The fourth-order valence-electron chi connectivity index (χ4n) is 2.29. The smallest absolute Gasteiger partial charge is 0.225 e. The first-order chi connectivity index (χ1) is 11.7. The normalized spacial score (nSPS) is 11.9. The summed E-state index contributed by atoms with van der Waals surface area (Å²) in [5.74, 6) is 2.25. The van der Waals surface area contributed by atoms with Gasteiger partial charge in [-0.1, -0.05) is 37.3 Å². The first-order valence-corrected chi connectivity index (χ1v) is 8.22. The van der Waals surface area contributed by atoms with E-state index in [0.29, 0.717) is 18.5 Å². The molecule has 2 N–H and O–H groups in total. The van der Waals surface area contributed by atoms with Gasteiger partial charge < -0.3 is 15.1 Å². The second-order valence-electron chi connectivity index (χ2n) is 5.71. The highest BCUT2D eigenvalue weighted by Gasteiger charge is 2.09. The molecular weight excluding hydrogens is 300 g/mol. The van der Waals surface area contributed by atoms with E-state index in [-0.39, 0.29) is 0 Å². The van der Waals surface area contributed by atoms with Crippen molar-refractivity contribution in [2.24, 2.45) is 0 Å². The summed E-state index contributed by atoms with van der Waals surface area (Å²) in [4.78, 5) is 9.20. The van der Waals surface area contributed by atoms with Gasteiger partial charge in [0.1, 0.15) is 11.6 Å². The van der Waals surface area contributed by atoms with Crippen LogP contribution in [0.1, 0.15) is 26.0 Å². The summed E-state index contributed by atoms with van der Waals surface area (Å²) >= 11 is 0. The molecule has 0 aliphatic carbocycles. The maximum Gasteiger partial charge on any atom is 0.225 e. The molecule has 0 fully saturated rings. The predicted molar refractivity (Wildman–Crippen MR) is 96.9 cm³/mol. The molecule has 0 aliphatic heterocycles. The van der Waals surface area contributed by atoms with Gasteiger partial charge in [-0.25, -0.2) is 4.98 Å². The van der Waals surface area contributed by atoms with Crippen LogP contribution in [0.3, 0.4) is 0 Å². The van der Waals surface area contributed by atoms with Crippen LogP contribution in [0.25, 0.3) is 11.3 Å². The third-order valence-electron chi connectivity index (χ3n) is 3.80. The predicted octanol–water partition coefficient (Wildman–Crippen LogP) is 4.56. The maximum atomic E-state index is 5.35. The molecule has 1 atom stereocenters. The third-order valence-corrected chi connectivity index (χ3v) is 3.80. The largest absolute Gasteiger partial charge is 0.467 e. The summed E-state index contributed by atoms with van der Waals surface area (Å²) in [6.45, 7) is 4.83. The second kappa shape index (κ2) is 7.64. The molecule has 2 aromatic heterocycles. The summed E-state index contributed by atoms with van der Waals surface area (Å²) < 4.78 is 5.35. The van der Waals surface area contributed by atoms with Crippen molar-refractivity contribution in [2.45, 2.75) is 32.9 Å². The van der Waals surface area contributed by atoms with Crippen LogP contribution in [-0.2, 0) is 6.54 Å². The molecule has 0 aliphatic rings. The van der Waals surface area contributed by atoms with E-state index >= 15 is 0 Å². The van der Waals surface area contributed by atoms with Gasteiger partial charge in [-0.3, -0.25) is 0 Å². The molecule has 0 bridgehead atoms. The molecule has 0 radical (unpaired) electrons.